The molecule has 7 nitrogen and oxygen atoms in total. The molecule has 2 N–H and O–H groups in total. The van der Waals surface area contributed by atoms with E-state index in [1.54, 1.807) is 0 Å². The average Bonchev–Trinajstić information content (AvgIpc) is 2.69. The van der Waals surface area contributed by atoms with E-state index in [0.29, 0.717) is 19.6 Å². The predicted octanol–water partition coefficient (Wildman–Crippen LogP) is 1.69. The maximum atomic E-state index is 12.2. The van der Waals surface area contributed by atoms with Crippen LogP contribution in [0.15, 0.2) is 9.31 Å². The number of rotatable bonds is 9. The van der Waals surface area contributed by atoms with Gasteiger partial charge >= 0.3 is 5.97 Å². The molecular weight excluding hydrogens is 298 g/mol. The van der Waals surface area contributed by atoms with E-state index in [4.69, 9.17) is 14.3 Å². The van der Waals surface area contributed by atoms with Crippen molar-refractivity contribution in [3.8, 4) is 0 Å². The van der Waals surface area contributed by atoms with Crippen molar-refractivity contribution in [2.45, 2.75) is 38.5 Å². The van der Waals surface area contributed by atoms with Gasteiger partial charge in [-0.1, -0.05) is 6.92 Å². The third-order valence-corrected chi connectivity index (χ3v) is 4.41. The first-order valence-corrected chi connectivity index (χ1v) is 8.20. The first kappa shape index (κ1) is 17.7. The molecule has 0 spiro atoms. The van der Waals surface area contributed by atoms with Crippen LogP contribution in [0.5, 0.6) is 0 Å². The number of aryl methyl sites for hydroxylation is 2. The van der Waals surface area contributed by atoms with Crippen LogP contribution < -0.4 is 4.72 Å². The van der Waals surface area contributed by atoms with E-state index in [1.807, 2.05) is 6.92 Å². The Hall–Kier alpha value is -1.38. The minimum Gasteiger partial charge on any atom is -0.478 e. The van der Waals surface area contributed by atoms with E-state index < -0.39 is 16.0 Å². The van der Waals surface area contributed by atoms with Crippen LogP contribution in [-0.2, 0) is 14.8 Å². The van der Waals surface area contributed by atoms with E-state index in [2.05, 4.69) is 4.72 Å². The highest BCUT2D eigenvalue weighted by Crippen LogP contribution is 2.26. The van der Waals surface area contributed by atoms with Gasteiger partial charge in [-0.2, -0.15) is 0 Å². The zero-order valence-electron chi connectivity index (χ0n) is 12.4. The summed E-state index contributed by atoms with van der Waals surface area (Å²) < 4.78 is 37.2. The van der Waals surface area contributed by atoms with E-state index in [1.165, 1.54) is 13.8 Å². The normalized spacial score (nSPS) is 11.8. The molecule has 1 aromatic heterocycles. The highest BCUT2D eigenvalue weighted by atomic mass is 32.2. The molecule has 0 aliphatic rings. The number of furan rings is 1. The second-order valence-corrected chi connectivity index (χ2v) is 6.29. The first-order chi connectivity index (χ1) is 9.81. The number of hydrogen-bond acceptors (Lipinski definition) is 5. The molecule has 0 bridgehead atoms. The second-order valence-electron chi connectivity index (χ2n) is 4.59. The summed E-state index contributed by atoms with van der Waals surface area (Å²) in [7, 11) is -3.92. The second kappa shape index (κ2) is 7.58. The van der Waals surface area contributed by atoms with Crippen molar-refractivity contribution in [1.29, 1.82) is 0 Å². The molecular formula is C13H21NO6S. The number of carbonyl (C=O) groups is 1. The zero-order chi connectivity index (χ0) is 16.0. The fourth-order valence-corrected chi connectivity index (χ4v) is 3.41. The van der Waals surface area contributed by atoms with Crippen LogP contribution in [0.3, 0.4) is 0 Å². The van der Waals surface area contributed by atoms with E-state index in [0.717, 1.165) is 6.42 Å². The molecule has 0 aliphatic carbocycles. The van der Waals surface area contributed by atoms with Crippen molar-refractivity contribution in [1.82, 2.24) is 4.72 Å². The summed E-state index contributed by atoms with van der Waals surface area (Å²) in [6, 6.07) is 0. The Balaban J connectivity index is 2.77. The van der Waals surface area contributed by atoms with Gasteiger partial charge in [0.15, 0.2) is 0 Å². The summed E-state index contributed by atoms with van der Waals surface area (Å²) in [5, 5.41) is 9.12. The molecule has 21 heavy (non-hydrogen) atoms. The fourth-order valence-electron chi connectivity index (χ4n) is 1.93. The number of ether oxygens (including phenoxy) is 1. The molecule has 0 radical (unpaired) electrons. The van der Waals surface area contributed by atoms with Crippen LogP contribution in [0.4, 0.5) is 0 Å². The Labute approximate surface area is 124 Å². The maximum absolute atomic E-state index is 12.2. The summed E-state index contributed by atoms with van der Waals surface area (Å²) >= 11 is 0. The SMILES string of the molecule is CCCOCCCNS(=O)(=O)c1c(C)oc(C)c1C(=O)O. The van der Waals surface area contributed by atoms with Gasteiger partial charge in [0.1, 0.15) is 22.0 Å². The molecule has 8 heteroatoms. The van der Waals surface area contributed by atoms with Crippen molar-refractivity contribution in [2.75, 3.05) is 19.8 Å². The zero-order valence-corrected chi connectivity index (χ0v) is 13.2. The highest BCUT2D eigenvalue weighted by Gasteiger charge is 2.30. The third-order valence-electron chi connectivity index (χ3n) is 2.79. The Morgan fingerprint density at radius 3 is 2.52 bits per heavy atom. The lowest BCUT2D eigenvalue weighted by molar-refractivity contribution is 0.0691. The molecule has 0 saturated heterocycles. The Morgan fingerprint density at radius 2 is 1.95 bits per heavy atom. The molecule has 0 amide bonds. The molecule has 1 aromatic rings. The molecule has 0 unspecified atom stereocenters. The van der Waals surface area contributed by atoms with Crippen LogP contribution in [-0.4, -0.2) is 39.3 Å². The number of carboxylic acid groups (broad SMARTS) is 1. The molecule has 120 valence electrons. The van der Waals surface area contributed by atoms with Gasteiger partial charge < -0.3 is 14.3 Å². The van der Waals surface area contributed by atoms with Gasteiger partial charge in [-0.15, -0.1) is 0 Å². The summed E-state index contributed by atoms with van der Waals surface area (Å²) in [5.41, 5.74) is -0.317. The molecule has 0 aromatic carbocycles. The lowest BCUT2D eigenvalue weighted by Gasteiger charge is -2.07. The van der Waals surface area contributed by atoms with Crippen LogP contribution in [0, 0.1) is 13.8 Å². The van der Waals surface area contributed by atoms with Gasteiger partial charge in [0.05, 0.1) is 0 Å². The monoisotopic (exact) mass is 319 g/mol. The third kappa shape index (κ3) is 4.55. The minimum absolute atomic E-state index is 0.0691. The van der Waals surface area contributed by atoms with Gasteiger partial charge in [0.2, 0.25) is 10.0 Å². The van der Waals surface area contributed by atoms with Crippen LogP contribution in [0.1, 0.15) is 41.6 Å². The molecule has 0 fully saturated rings. The van der Waals surface area contributed by atoms with Crippen molar-refractivity contribution in [3.63, 3.8) is 0 Å². The Kier molecular flexibility index (Phi) is 6.38. The fraction of sp³-hybridized carbons (Fsp3) is 0.615. The summed E-state index contributed by atoms with van der Waals surface area (Å²) in [6.45, 7) is 6.10. The van der Waals surface area contributed by atoms with Crippen LogP contribution in [0.25, 0.3) is 0 Å². The smallest absolute Gasteiger partial charge is 0.340 e. The molecule has 1 heterocycles. The molecule has 0 saturated carbocycles. The standard InChI is InChI=1S/C13H21NO6S/c1-4-7-19-8-5-6-14-21(17,18)12-10(3)20-9(2)11(12)13(15)16/h14H,4-8H2,1-3H3,(H,15,16). The van der Waals surface area contributed by atoms with Crippen molar-refractivity contribution in [2.24, 2.45) is 0 Å². The highest BCUT2D eigenvalue weighted by molar-refractivity contribution is 7.89. The van der Waals surface area contributed by atoms with Crippen molar-refractivity contribution >= 4 is 16.0 Å². The largest absolute Gasteiger partial charge is 0.478 e. The maximum Gasteiger partial charge on any atom is 0.340 e. The number of sulfonamides is 1. The van der Waals surface area contributed by atoms with E-state index >= 15 is 0 Å². The molecule has 0 atom stereocenters. The summed E-state index contributed by atoms with van der Waals surface area (Å²) in [6.07, 6.45) is 1.42. The summed E-state index contributed by atoms with van der Waals surface area (Å²) in [5.74, 6) is -1.18. The Bertz CT molecular complexity index is 590. The van der Waals surface area contributed by atoms with Crippen molar-refractivity contribution in [3.05, 3.63) is 17.1 Å². The first-order valence-electron chi connectivity index (χ1n) is 6.72. The number of nitrogens with one attached hydrogen (secondary N) is 1. The topological polar surface area (TPSA) is 106 Å². The number of hydrogen-bond donors (Lipinski definition) is 2. The van der Waals surface area contributed by atoms with Crippen molar-refractivity contribution < 1.29 is 27.5 Å². The van der Waals surface area contributed by atoms with Gasteiger partial charge in [-0.25, -0.2) is 17.9 Å². The van der Waals surface area contributed by atoms with E-state index in [-0.39, 0.29) is 28.5 Å². The Morgan fingerprint density at radius 1 is 1.29 bits per heavy atom. The molecule has 1 rings (SSSR count). The van der Waals surface area contributed by atoms with Crippen LogP contribution in [0.2, 0.25) is 0 Å². The molecule has 0 aliphatic heterocycles. The number of carboxylic acids is 1. The lowest BCUT2D eigenvalue weighted by Crippen LogP contribution is -2.27. The van der Waals surface area contributed by atoms with Gasteiger partial charge in [0, 0.05) is 19.8 Å². The predicted molar refractivity (Wildman–Crippen MR) is 76.1 cm³/mol. The van der Waals surface area contributed by atoms with E-state index in [9.17, 15) is 13.2 Å². The quantitative estimate of drug-likeness (QED) is 0.671. The van der Waals surface area contributed by atoms with Gasteiger partial charge in [0.25, 0.3) is 0 Å². The average molecular weight is 319 g/mol. The number of aromatic carboxylic acids is 1. The van der Waals surface area contributed by atoms with Gasteiger partial charge in [-0.3, -0.25) is 0 Å². The summed E-state index contributed by atoms with van der Waals surface area (Å²) in [4.78, 5) is 10.9. The lowest BCUT2D eigenvalue weighted by atomic mass is 10.2. The van der Waals surface area contributed by atoms with Gasteiger partial charge in [-0.05, 0) is 26.7 Å². The van der Waals surface area contributed by atoms with Crippen LogP contribution >= 0.6 is 0 Å². The minimum atomic E-state index is -3.92.